The van der Waals surface area contributed by atoms with Gasteiger partial charge in [-0.2, -0.15) is 0 Å². The number of likely N-dealkylation sites (N-methyl/N-ethyl adjacent to an activating group) is 1. The van der Waals surface area contributed by atoms with Crippen LogP contribution < -0.4 is 10.6 Å². The quantitative estimate of drug-likeness (QED) is 0.499. The molecule has 1 saturated heterocycles. The SMILES string of the molecule is CNC/C=C/C(=O)N1CCCCC(n2c(NC(=O)c3cc(C)nc(C)c3)nc3cccc(Cl)c32)C1. The van der Waals surface area contributed by atoms with Gasteiger partial charge in [-0.1, -0.05) is 23.7 Å². The van der Waals surface area contributed by atoms with Gasteiger partial charge in [-0.15, -0.1) is 0 Å². The van der Waals surface area contributed by atoms with Crippen molar-refractivity contribution in [3.05, 3.63) is 64.5 Å². The molecule has 2 N–H and O–H groups in total. The monoisotopic (exact) mass is 494 g/mol. The number of nitrogens with zero attached hydrogens (tertiary/aromatic N) is 4. The highest BCUT2D eigenvalue weighted by Gasteiger charge is 2.27. The highest BCUT2D eigenvalue weighted by atomic mass is 35.5. The lowest BCUT2D eigenvalue weighted by atomic mass is 10.1. The minimum atomic E-state index is -0.261. The topological polar surface area (TPSA) is 92.2 Å². The zero-order chi connectivity index (χ0) is 24.9. The minimum Gasteiger partial charge on any atom is -0.337 e. The summed E-state index contributed by atoms with van der Waals surface area (Å²) in [7, 11) is 1.84. The van der Waals surface area contributed by atoms with Crippen LogP contribution in [-0.2, 0) is 4.79 Å². The van der Waals surface area contributed by atoms with Crippen molar-refractivity contribution in [1.82, 2.24) is 24.8 Å². The summed E-state index contributed by atoms with van der Waals surface area (Å²) < 4.78 is 2.00. The first kappa shape index (κ1) is 24.9. The first-order valence-corrected chi connectivity index (χ1v) is 12.3. The van der Waals surface area contributed by atoms with Gasteiger partial charge in [-0.05, 0) is 64.4 Å². The van der Waals surface area contributed by atoms with E-state index < -0.39 is 0 Å². The highest BCUT2D eigenvalue weighted by molar-refractivity contribution is 6.35. The van der Waals surface area contributed by atoms with Gasteiger partial charge in [0.15, 0.2) is 0 Å². The lowest BCUT2D eigenvalue weighted by molar-refractivity contribution is -0.126. The number of likely N-dealkylation sites (tertiary alicyclic amines) is 1. The molecule has 2 amide bonds. The number of hydrogen-bond acceptors (Lipinski definition) is 5. The molecule has 0 spiro atoms. The first-order valence-electron chi connectivity index (χ1n) is 11.9. The van der Waals surface area contributed by atoms with Crippen LogP contribution in [0.2, 0.25) is 5.02 Å². The van der Waals surface area contributed by atoms with Crippen LogP contribution in [0.5, 0.6) is 0 Å². The van der Waals surface area contributed by atoms with Gasteiger partial charge >= 0.3 is 0 Å². The fourth-order valence-electron chi connectivity index (χ4n) is 4.60. The lowest BCUT2D eigenvalue weighted by Gasteiger charge is -2.26. The Morgan fingerprint density at radius 3 is 2.69 bits per heavy atom. The van der Waals surface area contributed by atoms with E-state index in [1.54, 1.807) is 18.2 Å². The summed E-state index contributed by atoms with van der Waals surface area (Å²) in [6.45, 7) is 5.56. The number of anilines is 1. The number of imidazole rings is 1. The molecule has 0 aliphatic carbocycles. The van der Waals surface area contributed by atoms with Crippen LogP contribution in [0.4, 0.5) is 5.95 Å². The van der Waals surface area contributed by atoms with Crippen molar-refractivity contribution in [2.75, 3.05) is 32.0 Å². The van der Waals surface area contributed by atoms with Crippen molar-refractivity contribution in [2.24, 2.45) is 0 Å². The molecule has 3 heterocycles. The van der Waals surface area contributed by atoms with E-state index in [1.807, 2.05) is 54.6 Å². The molecular formula is C26H31ClN6O2. The van der Waals surface area contributed by atoms with Crippen LogP contribution in [0.3, 0.4) is 0 Å². The van der Waals surface area contributed by atoms with Crippen molar-refractivity contribution < 1.29 is 9.59 Å². The molecule has 35 heavy (non-hydrogen) atoms. The van der Waals surface area contributed by atoms with E-state index in [1.165, 1.54) is 0 Å². The minimum absolute atomic E-state index is 0.0176. The van der Waals surface area contributed by atoms with E-state index in [0.29, 0.717) is 41.7 Å². The van der Waals surface area contributed by atoms with Crippen LogP contribution in [0.1, 0.15) is 47.1 Å². The summed E-state index contributed by atoms with van der Waals surface area (Å²) >= 11 is 6.63. The molecule has 3 aromatic rings. The molecular weight excluding hydrogens is 464 g/mol. The zero-order valence-corrected chi connectivity index (χ0v) is 21.1. The number of carbonyl (C=O) groups is 2. The number of para-hydroxylation sites is 1. The molecule has 9 heteroatoms. The van der Waals surface area contributed by atoms with Crippen molar-refractivity contribution in [2.45, 2.75) is 39.2 Å². The normalized spacial score (nSPS) is 16.6. The standard InChI is InChI=1S/C26H31ClN6O2/c1-17-14-19(15-18(2)29-17)25(35)31-26-30-22-10-6-9-21(27)24(22)33(26)20-8-4-5-13-32(16-20)23(34)11-7-12-28-3/h6-7,9-11,14-15,20,28H,4-5,8,12-13,16H2,1-3H3,(H,30,31,35)/b11-7+. The Balaban J connectivity index is 1.71. The Bertz CT molecular complexity index is 1250. The van der Waals surface area contributed by atoms with Crippen LogP contribution in [0.15, 0.2) is 42.5 Å². The van der Waals surface area contributed by atoms with Gasteiger partial charge in [-0.3, -0.25) is 19.9 Å². The fourth-order valence-corrected chi connectivity index (χ4v) is 4.86. The van der Waals surface area contributed by atoms with E-state index in [4.69, 9.17) is 16.6 Å². The van der Waals surface area contributed by atoms with Crippen molar-refractivity contribution in [1.29, 1.82) is 0 Å². The number of benzene rings is 1. The number of fused-ring (bicyclic) bond motifs is 1. The van der Waals surface area contributed by atoms with Gasteiger partial charge in [0.2, 0.25) is 11.9 Å². The third-order valence-corrected chi connectivity index (χ3v) is 6.44. The maximum absolute atomic E-state index is 13.2. The second kappa shape index (κ2) is 11.0. The second-order valence-electron chi connectivity index (χ2n) is 8.90. The van der Waals surface area contributed by atoms with Crippen LogP contribution in [0, 0.1) is 13.8 Å². The van der Waals surface area contributed by atoms with E-state index in [2.05, 4.69) is 15.6 Å². The van der Waals surface area contributed by atoms with Crippen LogP contribution >= 0.6 is 11.6 Å². The van der Waals surface area contributed by atoms with Crippen molar-refractivity contribution in [3.8, 4) is 0 Å². The van der Waals surface area contributed by atoms with Gasteiger partial charge in [0.25, 0.3) is 5.91 Å². The number of pyridine rings is 1. The summed E-state index contributed by atoms with van der Waals surface area (Å²) in [5, 5.41) is 6.57. The molecule has 1 fully saturated rings. The fraction of sp³-hybridized carbons (Fsp3) is 0.385. The van der Waals surface area contributed by atoms with E-state index in [-0.39, 0.29) is 17.9 Å². The highest BCUT2D eigenvalue weighted by Crippen LogP contribution is 2.34. The third-order valence-electron chi connectivity index (χ3n) is 6.14. The van der Waals surface area contributed by atoms with Crippen LogP contribution in [0.25, 0.3) is 11.0 Å². The summed E-state index contributed by atoms with van der Waals surface area (Å²) in [5.41, 5.74) is 3.53. The number of amides is 2. The Hall–Kier alpha value is -3.23. The Kier molecular flexibility index (Phi) is 7.83. The molecule has 1 aliphatic heterocycles. The van der Waals surface area contributed by atoms with Gasteiger partial charge in [0.05, 0.1) is 22.1 Å². The molecule has 0 saturated carbocycles. The van der Waals surface area contributed by atoms with Crippen molar-refractivity contribution in [3.63, 3.8) is 0 Å². The number of carbonyl (C=O) groups excluding carboxylic acids is 2. The molecule has 4 rings (SSSR count). The third kappa shape index (κ3) is 5.71. The van der Waals surface area contributed by atoms with Crippen LogP contribution in [-0.4, -0.2) is 57.9 Å². The Morgan fingerprint density at radius 2 is 1.94 bits per heavy atom. The molecule has 1 aromatic carbocycles. The molecule has 1 atom stereocenters. The molecule has 0 bridgehead atoms. The largest absolute Gasteiger partial charge is 0.337 e. The maximum Gasteiger partial charge on any atom is 0.258 e. The smallest absolute Gasteiger partial charge is 0.258 e. The number of aromatic nitrogens is 3. The summed E-state index contributed by atoms with van der Waals surface area (Å²) in [6.07, 6.45) is 6.16. The number of nitrogens with one attached hydrogen (secondary N) is 2. The number of halogens is 1. The Morgan fingerprint density at radius 1 is 1.17 bits per heavy atom. The molecule has 2 aromatic heterocycles. The summed E-state index contributed by atoms with van der Waals surface area (Å²) in [6, 6.07) is 8.98. The van der Waals surface area contributed by atoms with E-state index in [0.717, 1.165) is 36.2 Å². The number of hydrogen-bond donors (Lipinski definition) is 2. The zero-order valence-electron chi connectivity index (χ0n) is 20.3. The van der Waals surface area contributed by atoms with E-state index in [9.17, 15) is 9.59 Å². The molecule has 8 nitrogen and oxygen atoms in total. The summed E-state index contributed by atoms with van der Waals surface area (Å²) in [4.78, 5) is 37.0. The van der Waals surface area contributed by atoms with Gasteiger partial charge in [-0.25, -0.2) is 4.98 Å². The Labute approximate surface area is 210 Å². The number of aryl methyl sites for hydroxylation is 2. The number of rotatable bonds is 6. The average molecular weight is 495 g/mol. The molecule has 184 valence electrons. The van der Waals surface area contributed by atoms with Gasteiger partial charge in [0, 0.05) is 42.7 Å². The lowest BCUT2D eigenvalue weighted by Crippen LogP contribution is -2.34. The second-order valence-corrected chi connectivity index (χ2v) is 9.31. The van der Waals surface area contributed by atoms with Gasteiger partial charge in [0.1, 0.15) is 0 Å². The average Bonchev–Trinajstić information content (AvgIpc) is 3.01. The first-order chi connectivity index (χ1) is 16.9. The molecule has 0 radical (unpaired) electrons. The molecule has 1 aliphatic rings. The van der Waals surface area contributed by atoms with Crippen molar-refractivity contribution >= 4 is 40.4 Å². The predicted molar refractivity (Wildman–Crippen MR) is 139 cm³/mol. The maximum atomic E-state index is 13.2. The molecule has 1 unspecified atom stereocenters. The predicted octanol–water partition coefficient (Wildman–Crippen LogP) is 4.28. The summed E-state index contributed by atoms with van der Waals surface area (Å²) in [5.74, 6) is 0.147. The van der Waals surface area contributed by atoms with Gasteiger partial charge < -0.3 is 14.8 Å². The van der Waals surface area contributed by atoms with E-state index >= 15 is 0 Å².